The molecule has 2 rings (SSSR count). The molecule has 0 aliphatic carbocycles. The van der Waals surface area contributed by atoms with Gasteiger partial charge in [-0.1, -0.05) is 0 Å². The van der Waals surface area contributed by atoms with Crippen molar-refractivity contribution in [3.8, 4) is 5.88 Å². The lowest BCUT2D eigenvalue weighted by Gasteiger charge is -2.26. The van der Waals surface area contributed by atoms with Gasteiger partial charge in [0.1, 0.15) is 6.61 Å². The highest BCUT2D eigenvalue weighted by Crippen LogP contribution is 2.12. The Bertz CT molecular complexity index is 340. The highest BCUT2D eigenvalue weighted by atomic mass is 16.5. The van der Waals surface area contributed by atoms with Crippen LogP contribution in [0.25, 0.3) is 0 Å². The Morgan fingerprint density at radius 3 is 3.06 bits per heavy atom. The Labute approximate surface area is 102 Å². The number of nitrogens with one attached hydrogen (secondary N) is 1. The molecule has 0 amide bonds. The molecule has 1 aromatic heterocycles. The summed E-state index contributed by atoms with van der Waals surface area (Å²) in [5, 5.41) is 3.06. The minimum atomic E-state index is 0.667. The van der Waals surface area contributed by atoms with Crippen LogP contribution >= 0.6 is 0 Å². The molecule has 1 fully saturated rings. The molecule has 1 saturated heterocycles. The van der Waals surface area contributed by atoms with Gasteiger partial charge < -0.3 is 14.8 Å². The fourth-order valence-corrected chi connectivity index (χ4v) is 1.75. The van der Waals surface area contributed by atoms with Crippen LogP contribution in [0.2, 0.25) is 0 Å². The molecule has 1 aliphatic rings. The summed E-state index contributed by atoms with van der Waals surface area (Å²) in [6.07, 6.45) is 1.75. The second-order valence-electron chi connectivity index (χ2n) is 3.94. The van der Waals surface area contributed by atoms with Gasteiger partial charge in [-0.15, -0.1) is 0 Å². The zero-order chi connectivity index (χ0) is 11.9. The van der Waals surface area contributed by atoms with Crippen LogP contribution in [0.5, 0.6) is 5.88 Å². The first-order valence-electron chi connectivity index (χ1n) is 5.95. The van der Waals surface area contributed by atoms with Crippen LogP contribution < -0.4 is 10.1 Å². The van der Waals surface area contributed by atoms with Gasteiger partial charge in [-0.05, 0) is 6.07 Å². The van der Waals surface area contributed by atoms with Crippen LogP contribution in [0.15, 0.2) is 18.3 Å². The van der Waals surface area contributed by atoms with Crippen molar-refractivity contribution in [2.75, 3.05) is 51.8 Å². The molecule has 0 aromatic carbocycles. The minimum Gasteiger partial charge on any atom is -0.476 e. The van der Waals surface area contributed by atoms with Gasteiger partial charge in [0.25, 0.3) is 0 Å². The molecule has 0 radical (unpaired) electrons. The number of anilines is 1. The van der Waals surface area contributed by atoms with E-state index >= 15 is 0 Å². The first kappa shape index (κ1) is 12.1. The maximum Gasteiger partial charge on any atom is 0.215 e. The van der Waals surface area contributed by atoms with E-state index in [0.29, 0.717) is 12.5 Å². The third kappa shape index (κ3) is 3.87. The Kier molecular flexibility index (Phi) is 4.58. The van der Waals surface area contributed by atoms with Gasteiger partial charge in [0.05, 0.1) is 13.2 Å². The number of hydrogen-bond donors (Lipinski definition) is 1. The van der Waals surface area contributed by atoms with Gasteiger partial charge in [0.15, 0.2) is 0 Å². The average molecular weight is 237 g/mol. The third-order valence-electron chi connectivity index (χ3n) is 2.78. The summed E-state index contributed by atoms with van der Waals surface area (Å²) in [7, 11) is 1.88. The van der Waals surface area contributed by atoms with Crippen molar-refractivity contribution in [1.29, 1.82) is 0 Å². The Balaban J connectivity index is 1.73. The highest BCUT2D eigenvalue weighted by molar-refractivity contribution is 5.44. The molecule has 0 unspecified atom stereocenters. The molecular formula is C12H19N3O2. The average Bonchev–Trinajstić information content (AvgIpc) is 2.40. The number of morpholine rings is 1. The topological polar surface area (TPSA) is 46.6 Å². The van der Waals surface area contributed by atoms with Crippen LogP contribution in [0.1, 0.15) is 0 Å². The number of pyridine rings is 1. The predicted octanol–water partition coefficient (Wildman–Crippen LogP) is 0.834. The molecule has 1 aromatic rings. The van der Waals surface area contributed by atoms with Crippen LogP contribution in [0.3, 0.4) is 0 Å². The molecule has 17 heavy (non-hydrogen) atoms. The Morgan fingerprint density at radius 1 is 1.47 bits per heavy atom. The summed E-state index contributed by atoms with van der Waals surface area (Å²) < 4.78 is 10.9. The van der Waals surface area contributed by atoms with Crippen LogP contribution in [0, 0.1) is 0 Å². The predicted molar refractivity (Wildman–Crippen MR) is 66.5 cm³/mol. The van der Waals surface area contributed by atoms with Crippen molar-refractivity contribution < 1.29 is 9.47 Å². The van der Waals surface area contributed by atoms with E-state index in [-0.39, 0.29) is 0 Å². The van der Waals surface area contributed by atoms with E-state index < -0.39 is 0 Å². The van der Waals surface area contributed by atoms with Crippen LogP contribution in [0.4, 0.5) is 5.69 Å². The molecule has 94 valence electrons. The normalized spacial score (nSPS) is 16.8. The standard InChI is InChI=1S/C12H19N3O2/c1-13-11-2-3-14-12(10-11)17-9-6-15-4-7-16-8-5-15/h2-3,10H,4-9H2,1H3,(H,13,14). The second kappa shape index (κ2) is 6.42. The maximum absolute atomic E-state index is 5.62. The number of hydrogen-bond acceptors (Lipinski definition) is 5. The van der Waals surface area contributed by atoms with E-state index in [2.05, 4.69) is 15.2 Å². The van der Waals surface area contributed by atoms with Crippen LogP contribution in [-0.4, -0.2) is 56.4 Å². The third-order valence-corrected chi connectivity index (χ3v) is 2.78. The Hall–Kier alpha value is -1.33. The summed E-state index contributed by atoms with van der Waals surface area (Å²) in [4.78, 5) is 6.50. The Morgan fingerprint density at radius 2 is 2.29 bits per heavy atom. The van der Waals surface area contributed by atoms with E-state index in [0.717, 1.165) is 38.5 Å². The van der Waals surface area contributed by atoms with Gasteiger partial charge in [-0.3, -0.25) is 4.90 Å². The summed E-state index contributed by atoms with van der Waals surface area (Å²) in [5.74, 6) is 0.671. The van der Waals surface area contributed by atoms with E-state index in [1.165, 1.54) is 0 Å². The molecule has 2 heterocycles. The van der Waals surface area contributed by atoms with Crippen molar-refractivity contribution in [1.82, 2.24) is 9.88 Å². The largest absolute Gasteiger partial charge is 0.476 e. The summed E-state index contributed by atoms with van der Waals surface area (Å²) in [6, 6.07) is 3.81. The summed E-state index contributed by atoms with van der Waals surface area (Å²) >= 11 is 0. The monoisotopic (exact) mass is 237 g/mol. The number of rotatable bonds is 5. The molecule has 1 N–H and O–H groups in total. The van der Waals surface area contributed by atoms with Crippen molar-refractivity contribution in [2.45, 2.75) is 0 Å². The van der Waals surface area contributed by atoms with Gasteiger partial charge in [0, 0.05) is 44.6 Å². The second-order valence-corrected chi connectivity index (χ2v) is 3.94. The number of nitrogens with zero attached hydrogens (tertiary/aromatic N) is 2. The number of aromatic nitrogens is 1. The lowest BCUT2D eigenvalue weighted by molar-refractivity contribution is 0.0320. The van der Waals surface area contributed by atoms with Crippen molar-refractivity contribution in [3.63, 3.8) is 0 Å². The molecular weight excluding hydrogens is 218 g/mol. The first-order chi connectivity index (χ1) is 8.38. The molecule has 5 heteroatoms. The van der Waals surface area contributed by atoms with Gasteiger partial charge in [-0.2, -0.15) is 0 Å². The highest BCUT2D eigenvalue weighted by Gasteiger charge is 2.09. The smallest absolute Gasteiger partial charge is 0.215 e. The summed E-state index contributed by atoms with van der Waals surface area (Å²) in [6.45, 7) is 5.23. The molecule has 0 spiro atoms. The van der Waals surface area contributed by atoms with Crippen molar-refractivity contribution >= 4 is 5.69 Å². The fraction of sp³-hybridized carbons (Fsp3) is 0.583. The molecule has 1 aliphatic heterocycles. The number of ether oxygens (including phenoxy) is 2. The minimum absolute atomic E-state index is 0.667. The van der Waals surface area contributed by atoms with Gasteiger partial charge >= 0.3 is 0 Å². The molecule has 0 saturated carbocycles. The quantitative estimate of drug-likeness (QED) is 0.822. The van der Waals surface area contributed by atoms with E-state index in [1.807, 2.05) is 19.2 Å². The van der Waals surface area contributed by atoms with E-state index in [9.17, 15) is 0 Å². The van der Waals surface area contributed by atoms with E-state index in [4.69, 9.17) is 9.47 Å². The fourth-order valence-electron chi connectivity index (χ4n) is 1.75. The zero-order valence-electron chi connectivity index (χ0n) is 10.2. The van der Waals surface area contributed by atoms with Gasteiger partial charge in [0.2, 0.25) is 5.88 Å². The maximum atomic E-state index is 5.62. The SMILES string of the molecule is CNc1ccnc(OCCN2CCOCC2)c1. The zero-order valence-corrected chi connectivity index (χ0v) is 10.2. The lowest BCUT2D eigenvalue weighted by Crippen LogP contribution is -2.38. The molecule has 0 atom stereocenters. The summed E-state index contributed by atoms with van der Waals surface area (Å²) in [5.41, 5.74) is 1.02. The molecule has 5 nitrogen and oxygen atoms in total. The first-order valence-corrected chi connectivity index (χ1v) is 5.95. The van der Waals surface area contributed by atoms with Crippen molar-refractivity contribution in [2.24, 2.45) is 0 Å². The molecule has 0 bridgehead atoms. The van der Waals surface area contributed by atoms with Crippen LogP contribution in [-0.2, 0) is 4.74 Å². The van der Waals surface area contributed by atoms with Crippen molar-refractivity contribution in [3.05, 3.63) is 18.3 Å². The lowest BCUT2D eigenvalue weighted by atomic mass is 10.4. The van der Waals surface area contributed by atoms with Gasteiger partial charge in [-0.25, -0.2) is 4.98 Å². The van der Waals surface area contributed by atoms with E-state index in [1.54, 1.807) is 6.20 Å².